The van der Waals surface area contributed by atoms with Crippen LogP contribution in [-0.4, -0.2) is 16.1 Å². The molecule has 1 aromatic carbocycles. The van der Waals surface area contributed by atoms with Gasteiger partial charge in [0, 0.05) is 18.8 Å². The molecule has 2 aromatic rings. The van der Waals surface area contributed by atoms with Crippen LogP contribution in [0.15, 0.2) is 43.1 Å². The van der Waals surface area contributed by atoms with Gasteiger partial charge in [-0.15, -0.1) is 6.58 Å². The third-order valence-electron chi connectivity index (χ3n) is 3.97. The Kier molecular flexibility index (Phi) is 3.59. The van der Waals surface area contributed by atoms with E-state index in [4.69, 9.17) is 0 Å². The van der Waals surface area contributed by atoms with Gasteiger partial charge in [-0.3, -0.25) is 0 Å². The zero-order valence-electron chi connectivity index (χ0n) is 12.0. The molecule has 0 fully saturated rings. The predicted molar refractivity (Wildman–Crippen MR) is 83.2 cm³/mol. The molecule has 0 amide bonds. The first-order valence-electron chi connectivity index (χ1n) is 7.25. The van der Waals surface area contributed by atoms with Gasteiger partial charge in [-0.1, -0.05) is 30.3 Å². The van der Waals surface area contributed by atoms with Crippen LogP contribution in [0.5, 0.6) is 0 Å². The lowest BCUT2D eigenvalue weighted by atomic mass is 9.88. The summed E-state index contributed by atoms with van der Waals surface area (Å²) in [6.45, 7) is 6.55. The van der Waals surface area contributed by atoms with E-state index < -0.39 is 0 Å². The first kappa shape index (κ1) is 13.0. The Morgan fingerprint density at radius 2 is 2.20 bits per heavy atom. The van der Waals surface area contributed by atoms with Gasteiger partial charge in [-0.05, 0) is 37.3 Å². The van der Waals surface area contributed by atoms with Crippen LogP contribution in [0.1, 0.15) is 29.3 Å². The average Bonchev–Trinajstić information content (AvgIpc) is 2.85. The van der Waals surface area contributed by atoms with Gasteiger partial charge in [0.25, 0.3) is 0 Å². The van der Waals surface area contributed by atoms with Gasteiger partial charge < -0.3 is 9.88 Å². The van der Waals surface area contributed by atoms with Crippen molar-refractivity contribution in [2.75, 3.05) is 11.9 Å². The highest BCUT2D eigenvalue weighted by molar-refractivity contribution is 5.34. The predicted octanol–water partition coefficient (Wildman–Crippen LogP) is 3.52. The molecule has 0 saturated heterocycles. The molecule has 0 radical (unpaired) electrons. The standard InChI is InChI=1S/C17H21N3/c1-3-10-18-17-19-13(2)12-20(17)16-9-8-14-6-4-5-7-15(14)11-16/h3-7,12,16H,1,8-11H2,2H3,(H,18,19). The summed E-state index contributed by atoms with van der Waals surface area (Å²) in [6.07, 6.45) is 7.44. The Hall–Kier alpha value is -2.03. The molecule has 1 aliphatic rings. The Bertz CT molecular complexity index is 612. The molecule has 0 aliphatic heterocycles. The zero-order chi connectivity index (χ0) is 13.9. The van der Waals surface area contributed by atoms with Crippen molar-refractivity contribution in [2.24, 2.45) is 0 Å². The molecule has 1 aliphatic carbocycles. The lowest BCUT2D eigenvalue weighted by molar-refractivity contribution is 0.446. The van der Waals surface area contributed by atoms with Crippen LogP contribution in [0.3, 0.4) is 0 Å². The molecule has 0 bridgehead atoms. The van der Waals surface area contributed by atoms with E-state index in [1.165, 1.54) is 17.5 Å². The van der Waals surface area contributed by atoms with E-state index in [-0.39, 0.29) is 0 Å². The summed E-state index contributed by atoms with van der Waals surface area (Å²) in [5.74, 6) is 0.965. The van der Waals surface area contributed by atoms with Crippen LogP contribution in [-0.2, 0) is 12.8 Å². The van der Waals surface area contributed by atoms with E-state index in [0.29, 0.717) is 6.04 Å². The smallest absolute Gasteiger partial charge is 0.203 e. The van der Waals surface area contributed by atoms with Crippen molar-refractivity contribution in [2.45, 2.75) is 32.2 Å². The van der Waals surface area contributed by atoms with Crippen LogP contribution in [0.25, 0.3) is 0 Å². The number of nitrogens with one attached hydrogen (secondary N) is 1. The summed E-state index contributed by atoms with van der Waals surface area (Å²) < 4.78 is 2.30. The van der Waals surface area contributed by atoms with Gasteiger partial charge in [-0.25, -0.2) is 4.98 Å². The fourth-order valence-electron chi connectivity index (χ4n) is 3.00. The largest absolute Gasteiger partial charge is 0.352 e. The molecule has 0 saturated carbocycles. The van der Waals surface area contributed by atoms with Crippen LogP contribution in [0.4, 0.5) is 5.95 Å². The van der Waals surface area contributed by atoms with Gasteiger partial charge in [0.2, 0.25) is 5.95 Å². The maximum atomic E-state index is 4.58. The molecule has 1 unspecified atom stereocenters. The van der Waals surface area contributed by atoms with E-state index in [2.05, 4.69) is 51.9 Å². The van der Waals surface area contributed by atoms with Crippen molar-refractivity contribution in [1.82, 2.24) is 9.55 Å². The average molecular weight is 267 g/mol. The lowest BCUT2D eigenvalue weighted by Gasteiger charge is -2.27. The van der Waals surface area contributed by atoms with Crippen molar-refractivity contribution < 1.29 is 0 Å². The Morgan fingerprint density at radius 3 is 3.00 bits per heavy atom. The SMILES string of the molecule is C=CCNc1nc(C)cn1C1CCc2ccccc2C1. The Morgan fingerprint density at radius 1 is 1.40 bits per heavy atom. The van der Waals surface area contributed by atoms with Gasteiger partial charge in [0.1, 0.15) is 0 Å². The second-order valence-corrected chi connectivity index (χ2v) is 5.45. The molecule has 104 valence electrons. The molecule has 1 aromatic heterocycles. The highest BCUT2D eigenvalue weighted by Gasteiger charge is 2.21. The second-order valence-electron chi connectivity index (χ2n) is 5.45. The van der Waals surface area contributed by atoms with Crippen LogP contribution < -0.4 is 5.32 Å². The maximum absolute atomic E-state index is 4.58. The number of hydrogen-bond donors (Lipinski definition) is 1. The molecule has 1 atom stereocenters. The number of nitrogens with zero attached hydrogens (tertiary/aromatic N) is 2. The van der Waals surface area contributed by atoms with E-state index in [1.54, 1.807) is 0 Å². The molecule has 3 nitrogen and oxygen atoms in total. The third-order valence-corrected chi connectivity index (χ3v) is 3.97. The normalized spacial score (nSPS) is 17.6. The molecule has 3 rings (SSSR count). The van der Waals surface area contributed by atoms with Crippen molar-refractivity contribution in [3.63, 3.8) is 0 Å². The van der Waals surface area contributed by atoms with Gasteiger partial charge >= 0.3 is 0 Å². The van der Waals surface area contributed by atoms with Crippen molar-refractivity contribution in [3.8, 4) is 0 Å². The fraction of sp³-hybridized carbons (Fsp3) is 0.353. The number of aromatic nitrogens is 2. The first-order chi connectivity index (χ1) is 9.78. The molecular formula is C17H21N3. The molecule has 0 spiro atoms. The minimum absolute atomic E-state index is 0.499. The molecule has 3 heteroatoms. The summed E-state index contributed by atoms with van der Waals surface area (Å²) in [5.41, 5.74) is 4.04. The number of hydrogen-bond acceptors (Lipinski definition) is 2. The van der Waals surface area contributed by atoms with Crippen LogP contribution in [0, 0.1) is 6.92 Å². The highest BCUT2D eigenvalue weighted by atomic mass is 15.2. The van der Waals surface area contributed by atoms with E-state index in [1.807, 2.05) is 13.0 Å². The number of aryl methyl sites for hydroxylation is 2. The molecule has 20 heavy (non-hydrogen) atoms. The fourth-order valence-corrected chi connectivity index (χ4v) is 3.00. The number of fused-ring (bicyclic) bond motifs is 1. The van der Waals surface area contributed by atoms with Gasteiger partial charge in [0.15, 0.2) is 0 Å². The maximum Gasteiger partial charge on any atom is 0.203 e. The summed E-state index contributed by atoms with van der Waals surface area (Å²) >= 11 is 0. The highest BCUT2D eigenvalue weighted by Crippen LogP contribution is 2.31. The quantitative estimate of drug-likeness (QED) is 0.859. The van der Waals surface area contributed by atoms with Crippen molar-refractivity contribution >= 4 is 5.95 Å². The minimum atomic E-state index is 0.499. The lowest BCUT2D eigenvalue weighted by Crippen LogP contribution is -2.20. The van der Waals surface area contributed by atoms with Crippen molar-refractivity contribution in [1.29, 1.82) is 0 Å². The van der Waals surface area contributed by atoms with Crippen LogP contribution >= 0.6 is 0 Å². The second kappa shape index (κ2) is 5.53. The zero-order valence-corrected chi connectivity index (χ0v) is 12.0. The Balaban J connectivity index is 1.85. The Labute approximate surface area is 120 Å². The van der Waals surface area contributed by atoms with Gasteiger partial charge in [-0.2, -0.15) is 0 Å². The summed E-state index contributed by atoms with van der Waals surface area (Å²) in [4.78, 5) is 4.58. The van der Waals surface area contributed by atoms with Gasteiger partial charge in [0.05, 0.1) is 5.69 Å². The topological polar surface area (TPSA) is 29.9 Å². The first-order valence-corrected chi connectivity index (χ1v) is 7.25. The van der Waals surface area contributed by atoms with E-state index in [0.717, 1.165) is 31.0 Å². The third kappa shape index (κ3) is 2.48. The minimum Gasteiger partial charge on any atom is -0.352 e. The molecule has 1 heterocycles. The summed E-state index contributed by atoms with van der Waals surface area (Å²) in [5, 5.41) is 3.34. The van der Waals surface area contributed by atoms with E-state index in [9.17, 15) is 0 Å². The number of imidazole rings is 1. The van der Waals surface area contributed by atoms with Crippen molar-refractivity contribution in [3.05, 3.63) is 59.9 Å². The molecule has 1 N–H and O–H groups in total. The number of rotatable bonds is 4. The van der Waals surface area contributed by atoms with E-state index >= 15 is 0 Å². The summed E-state index contributed by atoms with van der Waals surface area (Å²) in [6, 6.07) is 9.27. The summed E-state index contributed by atoms with van der Waals surface area (Å²) in [7, 11) is 0. The number of anilines is 1. The van der Waals surface area contributed by atoms with Crippen LogP contribution in [0.2, 0.25) is 0 Å². The number of benzene rings is 1. The monoisotopic (exact) mass is 267 g/mol. The molecular weight excluding hydrogens is 246 g/mol.